The zero-order valence-electron chi connectivity index (χ0n) is 14.0. The Balaban J connectivity index is 1.79. The van der Waals surface area contributed by atoms with Crippen LogP contribution in [0.3, 0.4) is 0 Å². The number of carbonyl (C=O) groups excluding carboxylic acids is 1. The first kappa shape index (κ1) is 17.5. The maximum absolute atomic E-state index is 13.6. The van der Waals surface area contributed by atoms with Crippen LogP contribution in [0.25, 0.3) is 11.1 Å². The zero-order valence-corrected chi connectivity index (χ0v) is 14.0. The van der Waals surface area contributed by atoms with E-state index in [1.807, 2.05) is 0 Å². The van der Waals surface area contributed by atoms with Crippen molar-refractivity contribution in [2.75, 3.05) is 7.11 Å². The van der Waals surface area contributed by atoms with Gasteiger partial charge in [-0.2, -0.15) is 0 Å². The van der Waals surface area contributed by atoms with Gasteiger partial charge < -0.3 is 10.1 Å². The Morgan fingerprint density at radius 3 is 2.50 bits per heavy atom. The number of carbonyl (C=O) groups is 1. The number of amides is 1. The highest BCUT2D eigenvalue weighted by molar-refractivity contribution is 5.95. The minimum Gasteiger partial charge on any atom is -0.496 e. The molecule has 1 aromatic heterocycles. The van der Waals surface area contributed by atoms with Crippen molar-refractivity contribution in [1.29, 1.82) is 0 Å². The molecule has 132 valence electrons. The number of nitrogens with one attached hydrogen (secondary N) is 1. The lowest BCUT2D eigenvalue weighted by Gasteiger charge is -2.10. The molecule has 0 radical (unpaired) electrons. The summed E-state index contributed by atoms with van der Waals surface area (Å²) < 4.78 is 31.7. The van der Waals surface area contributed by atoms with Crippen LogP contribution in [0.2, 0.25) is 0 Å². The van der Waals surface area contributed by atoms with Gasteiger partial charge in [0.1, 0.15) is 17.4 Å². The average molecular weight is 354 g/mol. The fourth-order valence-corrected chi connectivity index (χ4v) is 2.50. The van der Waals surface area contributed by atoms with E-state index < -0.39 is 5.82 Å². The molecule has 1 N–H and O–H groups in total. The number of pyridine rings is 1. The maximum Gasteiger partial charge on any atom is 0.253 e. The van der Waals surface area contributed by atoms with Gasteiger partial charge in [0.15, 0.2) is 0 Å². The fraction of sp³-hybridized carbons (Fsp3) is 0.100. The number of hydrogen-bond donors (Lipinski definition) is 1. The topological polar surface area (TPSA) is 51.2 Å². The third-order valence-corrected chi connectivity index (χ3v) is 3.84. The summed E-state index contributed by atoms with van der Waals surface area (Å²) in [6.07, 6.45) is 2.96. The summed E-state index contributed by atoms with van der Waals surface area (Å²) in [4.78, 5) is 16.4. The van der Waals surface area contributed by atoms with Crippen LogP contribution < -0.4 is 10.1 Å². The number of hydrogen-bond acceptors (Lipinski definition) is 3. The van der Waals surface area contributed by atoms with Crippen molar-refractivity contribution in [1.82, 2.24) is 10.3 Å². The van der Waals surface area contributed by atoms with Gasteiger partial charge in [0, 0.05) is 30.1 Å². The Labute approximate surface area is 149 Å². The van der Waals surface area contributed by atoms with Crippen LogP contribution in [0.4, 0.5) is 8.78 Å². The molecule has 0 aliphatic rings. The zero-order chi connectivity index (χ0) is 18.5. The number of ether oxygens (including phenoxy) is 1. The molecule has 3 rings (SSSR count). The van der Waals surface area contributed by atoms with Crippen molar-refractivity contribution < 1.29 is 18.3 Å². The van der Waals surface area contributed by atoms with Crippen LogP contribution in [-0.2, 0) is 6.54 Å². The molecule has 1 amide bonds. The first-order valence-electron chi connectivity index (χ1n) is 7.88. The first-order chi connectivity index (χ1) is 12.6. The highest BCUT2D eigenvalue weighted by Gasteiger charge is 2.12. The number of rotatable bonds is 5. The molecule has 0 saturated carbocycles. The van der Waals surface area contributed by atoms with Crippen LogP contribution >= 0.6 is 0 Å². The van der Waals surface area contributed by atoms with Crippen molar-refractivity contribution in [3.63, 3.8) is 0 Å². The summed E-state index contributed by atoms with van der Waals surface area (Å²) in [5.41, 5.74) is 2.18. The van der Waals surface area contributed by atoms with E-state index in [0.29, 0.717) is 22.4 Å². The summed E-state index contributed by atoms with van der Waals surface area (Å²) in [5.74, 6) is -0.593. The standard InChI is InChI=1S/C20H16F2N2O2/c1-26-19-7-6-17(22)9-18(19)14-8-15(12-23-11-14)20(25)24-10-13-2-4-16(21)5-3-13/h2-9,11-12H,10H2,1H3,(H,24,25). The quantitative estimate of drug-likeness (QED) is 0.754. The highest BCUT2D eigenvalue weighted by atomic mass is 19.1. The first-order valence-corrected chi connectivity index (χ1v) is 7.88. The molecule has 0 bridgehead atoms. The SMILES string of the molecule is COc1ccc(F)cc1-c1cncc(C(=O)NCc2ccc(F)cc2)c1. The molecule has 0 unspecified atom stereocenters. The van der Waals surface area contributed by atoms with E-state index in [9.17, 15) is 13.6 Å². The van der Waals surface area contributed by atoms with E-state index in [2.05, 4.69) is 10.3 Å². The minimum atomic E-state index is -0.410. The van der Waals surface area contributed by atoms with Crippen LogP contribution in [0.15, 0.2) is 60.9 Å². The summed E-state index contributed by atoms with van der Waals surface area (Å²) >= 11 is 0. The molecule has 3 aromatic rings. The third-order valence-electron chi connectivity index (χ3n) is 3.84. The monoisotopic (exact) mass is 354 g/mol. The Morgan fingerprint density at radius 1 is 1.04 bits per heavy atom. The lowest BCUT2D eigenvalue weighted by atomic mass is 10.0. The Morgan fingerprint density at radius 2 is 1.77 bits per heavy atom. The van der Waals surface area contributed by atoms with Crippen molar-refractivity contribution in [2.45, 2.75) is 6.54 Å². The van der Waals surface area contributed by atoms with E-state index in [1.54, 1.807) is 18.2 Å². The van der Waals surface area contributed by atoms with Gasteiger partial charge in [-0.15, -0.1) is 0 Å². The molecule has 26 heavy (non-hydrogen) atoms. The van der Waals surface area contributed by atoms with Crippen molar-refractivity contribution in [3.05, 3.63) is 83.7 Å². The van der Waals surface area contributed by atoms with Gasteiger partial charge in [-0.25, -0.2) is 8.78 Å². The average Bonchev–Trinajstić information content (AvgIpc) is 2.67. The lowest BCUT2D eigenvalue weighted by molar-refractivity contribution is 0.0950. The Hall–Kier alpha value is -3.28. The van der Waals surface area contributed by atoms with Gasteiger partial charge in [0.2, 0.25) is 0 Å². The second-order valence-electron chi connectivity index (χ2n) is 5.62. The maximum atomic E-state index is 13.6. The van der Waals surface area contributed by atoms with Crippen molar-refractivity contribution in [3.8, 4) is 16.9 Å². The third kappa shape index (κ3) is 4.03. The molecule has 4 nitrogen and oxygen atoms in total. The van der Waals surface area contributed by atoms with Gasteiger partial charge in [0.05, 0.1) is 12.7 Å². The molecule has 0 spiro atoms. The second-order valence-corrected chi connectivity index (χ2v) is 5.62. The number of halogens is 2. The van der Waals surface area contributed by atoms with Crippen molar-refractivity contribution >= 4 is 5.91 Å². The Kier molecular flexibility index (Phi) is 5.22. The van der Waals surface area contributed by atoms with Gasteiger partial charge >= 0.3 is 0 Å². The second kappa shape index (κ2) is 7.74. The number of aromatic nitrogens is 1. The summed E-state index contributed by atoms with van der Waals surface area (Å²) in [6, 6.07) is 11.6. The normalized spacial score (nSPS) is 10.4. The van der Waals surface area contributed by atoms with Crippen LogP contribution in [-0.4, -0.2) is 18.0 Å². The smallest absolute Gasteiger partial charge is 0.253 e. The predicted octanol–water partition coefficient (Wildman–Crippen LogP) is 3.97. The van der Waals surface area contributed by atoms with Gasteiger partial charge in [-0.1, -0.05) is 12.1 Å². The van der Waals surface area contributed by atoms with E-state index in [1.165, 1.54) is 49.8 Å². The summed E-state index contributed by atoms with van der Waals surface area (Å²) in [6.45, 7) is 0.257. The molecule has 2 aromatic carbocycles. The van der Waals surface area contributed by atoms with Gasteiger partial charge in [-0.05, 0) is 42.0 Å². The van der Waals surface area contributed by atoms with E-state index in [4.69, 9.17) is 4.74 Å². The van der Waals surface area contributed by atoms with Gasteiger partial charge in [-0.3, -0.25) is 9.78 Å². The summed E-state index contributed by atoms with van der Waals surface area (Å²) in [5, 5.41) is 2.75. The largest absolute Gasteiger partial charge is 0.496 e. The van der Waals surface area contributed by atoms with E-state index >= 15 is 0 Å². The molecule has 6 heteroatoms. The highest BCUT2D eigenvalue weighted by Crippen LogP contribution is 2.30. The molecular weight excluding hydrogens is 338 g/mol. The molecule has 0 saturated heterocycles. The van der Waals surface area contributed by atoms with Crippen LogP contribution in [0, 0.1) is 11.6 Å². The predicted molar refractivity (Wildman–Crippen MR) is 93.8 cm³/mol. The number of benzene rings is 2. The molecule has 0 aliphatic carbocycles. The molecule has 0 aliphatic heterocycles. The lowest BCUT2D eigenvalue weighted by Crippen LogP contribution is -2.22. The minimum absolute atomic E-state index is 0.257. The van der Waals surface area contributed by atoms with E-state index in [-0.39, 0.29) is 18.3 Å². The number of nitrogens with zero attached hydrogens (tertiary/aromatic N) is 1. The number of methoxy groups -OCH3 is 1. The summed E-state index contributed by atoms with van der Waals surface area (Å²) in [7, 11) is 1.49. The molecular formula is C20H16F2N2O2. The molecule has 0 fully saturated rings. The van der Waals surface area contributed by atoms with Crippen molar-refractivity contribution in [2.24, 2.45) is 0 Å². The van der Waals surface area contributed by atoms with Gasteiger partial charge in [0.25, 0.3) is 5.91 Å². The Bertz CT molecular complexity index is 927. The van der Waals surface area contributed by atoms with Crippen LogP contribution in [0.1, 0.15) is 15.9 Å². The van der Waals surface area contributed by atoms with Crippen LogP contribution in [0.5, 0.6) is 5.75 Å². The molecule has 0 atom stereocenters. The fourth-order valence-electron chi connectivity index (χ4n) is 2.50. The molecule has 1 heterocycles. The van der Waals surface area contributed by atoms with E-state index in [0.717, 1.165) is 5.56 Å².